The highest BCUT2D eigenvalue weighted by atomic mass is 16.5. The molecule has 0 radical (unpaired) electrons. The summed E-state index contributed by atoms with van der Waals surface area (Å²) < 4.78 is 22.6. The number of hydrogen-bond acceptors (Lipinski definition) is 9. The zero-order chi connectivity index (χ0) is 24.4. The van der Waals surface area contributed by atoms with Gasteiger partial charge in [-0.3, -0.25) is 9.78 Å². The molecule has 1 aliphatic heterocycles. The van der Waals surface area contributed by atoms with Crippen molar-refractivity contribution < 1.29 is 24.1 Å². The maximum absolute atomic E-state index is 12.7. The summed E-state index contributed by atoms with van der Waals surface area (Å²) in [7, 11) is 5.99. The second-order valence-corrected chi connectivity index (χ2v) is 7.33. The topological polar surface area (TPSA) is 136 Å². The molecule has 1 atom stereocenters. The number of nitrogens with one attached hydrogen (secondary N) is 2. The smallest absolute Gasteiger partial charge is 0.335 e. The molecule has 4 rings (SSSR count). The average molecular weight is 468 g/mol. The first-order chi connectivity index (χ1) is 16.4. The van der Waals surface area contributed by atoms with Gasteiger partial charge in [0, 0.05) is 12.0 Å². The molecule has 2 heterocycles. The lowest BCUT2D eigenvalue weighted by molar-refractivity contribution is 0.320. The molecule has 0 spiro atoms. The van der Waals surface area contributed by atoms with Crippen LogP contribution in [0.3, 0.4) is 0 Å². The molecule has 0 unspecified atom stereocenters. The summed E-state index contributed by atoms with van der Waals surface area (Å²) in [6, 6.07) is 9.79. The van der Waals surface area contributed by atoms with Gasteiger partial charge in [-0.05, 0) is 24.3 Å². The minimum absolute atomic E-state index is 0.125. The highest BCUT2D eigenvalue weighted by molar-refractivity contribution is 6.03. The molecular weight excluding hydrogens is 444 g/mol. The number of methoxy groups -OCH3 is 4. The van der Waals surface area contributed by atoms with Crippen molar-refractivity contribution in [1.82, 2.24) is 15.0 Å². The molecule has 0 aliphatic carbocycles. The summed E-state index contributed by atoms with van der Waals surface area (Å²) in [5.41, 5.74) is 2.54. The third-order valence-electron chi connectivity index (χ3n) is 5.56. The van der Waals surface area contributed by atoms with Crippen molar-refractivity contribution in [2.24, 2.45) is 5.10 Å². The van der Waals surface area contributed by atoms with E-state index in [1.54, 1.807) is 36.4 Å². The zero-order valence-corrected chi connectivity index (χ0v) is 19.0. The number of H-pyrrole nitrogens is 1. The molecule has 0 saturated heterocycles. The Morgan fingerprint density at radius 1 is 0.941 bits per heavy atom. The second kappa shape index (κ2) is 9.22. The molecule has 0 saturated carbocycles. The summed E-state index contributed by atoms with van der Waals surface area (Å²) in [5.74, 6) is 1.17. The molecule has 11 heteroatoms. The van der Waals surface area contributed by atoms with Crippen LogP contribution < -0.4 is 35.6 Å². The number of ether oxygens (including phenoxy) is 4. The van der Waals surface area contributed by atoms with Gasteiger partial charge in [-0.1, -0.05) is 12.1 Å². The summed E-state index contributed by atoms with van der Waals surface area (Å²) in [5, 5.41) is 15.3. The maximum Gasteiger partial charge on any atom is 0.335 e. The Morgan fingerprint density at radius 2 is 1.65 bits per heavy atom. The van der Waals surface area contributed by atoms with Crippen LogP contribution in [0.15, 0.2) is 51.1 Å². The molecular formula is C23H24N4O7. The highest BCUT2D eigenvalue weighted by Crippen LogP contribution is 2.43. The number of hydrazone groups is 1. The van der Waals surface area contributed by atoms with Gasteiger partial charge in [-0.15, -0.1) is 0 Å². The molecule has 3 N–H and O–H groups in total. The Bertz CT molecular complexity index is 1380. The first kappa shape index (κ1) is 22.8. The molecule has 1 aromatic heterocycles. The monoisotopic (exact) mass is 468 g/mol. The van der Waals surface area contributed by atoms with Crippen LogP contribution in [0, 0.1) is 0 Å². The summed E-state index contributed by atoms with van der Waals surface area (Å²) in [6.07, 6.45) is 0.229. The third-order valence-corrected chi connectivity index (χ3v) is 5.56. The van der Waals surface area contributed by atoms with Gasteiger partial charge in [-0.25, -0.2) is 9.36 Å². The molecule has 2 aromatic carbocycles. The normalized spacial score (nSPS) is 14.8. The van der Waals surface area contributed by atoms with E-state index in [4.69, 9.17) is 18.9 Å². The van der Waals surface area contributed by atoms with Crippen LogP contribution in [0.5, 0.6) is 28.9 Å². The van der Waals surface area contributed by atoms with Crippen LogP contribution in [0.25, 0.3) is 5.69 Å². The quantitative estimate of drug-likeness (QED) is 0.477. The van der Waals surface area contributed by atoms with E-state index >= 15 is 0 Å². The van der Waals surface area contributed by atoms with E-state index in [1.165, 1.54) is 28.4 Å². The van der Waals surface area contributed by atoms with Crippen LogP contribution in [0.1, 0.15) is 23.6 Å². The largest absolute Gasteiger partial charge is 0.495 e. The second-order valence-electron chi connectivity index (χ2n) is 7.33. The van der Waals surface area contributed by atoms with E-state index in [0.717, 1.165) is 4.57 Å². The number of aromatic nitrogens is 2. The van der Waals surface area contributed by atoms with E-state index in [-0.39, 0.29) is 23.4 Å². The minimum Gasteiger partial charge on any atom is -0.495 e. The van der Waals surface area contributed by atoms with E-state index in [2.05, 4.69) is 15.5 Å². The molecule has 0 amide bonds. The van der Waals surface area contributed by atoms with Crippen molar-refractivity contribution in [2.75, 3.05) is 28.4 Å². The van der Waals surface area contributed by atoms with Crippen molar-refractivity contribution in [3.63, 3.8) is 0 Å². The van der Waals surface area contributed by atoms with Gasteiger partial charge in [0.05, 0.1) is 45.9 Å². The average Bonchev–Trinajstić information content (AvgIpc) is 3.32. The van der Waals surface area contributed by atoms with Gasteiger partial charge in [0.2, 0.25) is 11.6 Å². The zero-order valence-electron chi connectivity index (χ0n) is 19.0. The molecule has 0 bridgehead atoms. The predicted molar refractivity (Wildman–Crippen MR) is 124 cm³/mol. The van der Waals surface area contributed by atoms with Crippen LogP contribution in [0.2, 0.25) is 0 Å². The number of nitrogens with zero attached hydrogens (tertiary/aromatic N) is 2. The van der Waals surface area contributed by atoms with Gasteiger partial charge in [-0.2, -0.15) is 5.10 Å². The number of rotatable bonds is 7. The Balaban J connectivity index is 1.76. The Labute approximate surface area is 194 Å². The molecule has 178 valence electrons. The van der Waals surface area contributed by atoms with Crippen molar-refractivity contribution in [2.45, 2.75) is 12.5 Å². The van der Waals surface area contributed by atoms with Gasteiger partial charge in [0.15, 0.2) is 11.5 Å². The lowest BCUT2D eigenvalue weighted by Crippen LogP contribution is -2.33. The lowest BCUT2D eigenvalue weighted by Gasteiger charge is -2.19. The fourth-order valence-corrected chi connectivity index (χ4v) is 4.00. The Morgan fingerprint density at radius 3 is 2.32 bits per heavy atom. The van der Waals surface area contributed by atoms with Crippen molar-refractivity contribution in [1.29, 1.82) is 0 Å². The number of para-hydroxylation sites is 2. The van der Waals surface area contributed by atoms with Crippen LogP contribution >= 0.6 is 0 Å². The highest BCUT2D eigenvalue weighted by Gasteiger charge is 2.31. The first-order valence-corrected chi connectivity index (χ1v) is 10.3. The fourth-order valence-electron chi connectivity index (χ4n) is 4.00. The predicted octanol–water partition coefficient (Wildman–Crippen LogP) is 1.70. The van der Waals surface area contributed by atoms with Gasteiger partial charge < -0.3 is 29.5 Å². The van der Waals surface area contributed by atoms with Crippen LogP contribution in [-0.2, 0) is 0 Å². The van der Waals surface area contributed by atoms with Gasteiger partial charge >= 0.3 is 5.69 Å². The van der Waals surface area contributed by atoms with Crippen molar-refractivity contribution in [3.8, 4) is 34.6 Å². The number of hydrogen-bond donors (Lipinski definition) is 3. The first-order valence-electron chi connectivity index (χ1n) is 10.3. The lowest BCUT2D eigenvalue weighted by atomic mass is 9.98. The molecule has 34 heavy (non-hydrogen) atoms. The maximum atomic E-state index is 12.7. The van der Waals surface area contributed by atoms with Crippen molar-refractivity contribution in [3.05, 3.63) is 68.4 Å². The van der Waals surface area contributed by atoms with Crippen LogP contribution in [-0.4, -0.2) is 48.8 Å². The van der Waals surface area contributed by atoms with E-state index in [1.807, 2.05) is 0 Å². The molecule has 11 nitrogen and oxygen atoms in total. The van der Waals surface area contributed by atoms with E-state index in [9.17, 15) is 14.7 Å². The summed E-state index contributed by atoms with van der Waals surface area (Å²) in [6.45, 7) is 0. The van der Waals surface area contributed by atoms with Gasteiger partial charge in [0.1, 0.15) is 11.3 Å². The number of aromatic hydroxyl groups is 1. The van der Waals surface area contributed by atoms with E-state index in [0.29, 0.717) is 28.6 Å². The standard InChI is InChI=1S/C23H24N4O7/c1-31-16-8-6-5-7-15(16)27-22(29)18(21(28)24-23(27)30)14-11-13(25-26-14)12-9-10-17(32-2)20(34-4)19(12)33-3/h5-10,13,25,29H,11H2,1-4H3,(H,24,28,30)/t13-/m1/s1. The van der Waals surface area contributed by atoms with Crippen molar-refractivity contribution >= 4 is 5.71 Å². The fraction of sp³-hybridized carbons (Fsp3) is 0.261. The number of benzene rings is 2. The number of aromatic amines is 1. The SMILES string of the molecule is COc1ccccc1-n1c(O)c(C2=NN[C@@H](c3ccc(OC)c(OC)c3OC)C2)c(=O)[nH]c1=O. The van der Waals surface area contributed by atoms with E-state index < -0.39 is 23.2 Å². The minimum atomic E-state index is -0.805. The molecule has 0 fully saturated rings. The van der Waals surface area contributed by atoms with Crippen LogP contribution in [0.4, 0.5) is 0 Å². The molecule has 1 aliphatic rings. The Hall–Kier alpha value is -4.41. The molecule has 3 aromatic rings. The summed E-state index contributed by atoms with van der Waals surface area (Å²) >= 11 is 0. The third kappa shape index (κ3) is 3.70. The summed E-state index contributed by atoms with van der Waals surface area (Å²) in [4.78, 5) is 27.5. The Kier molecular flexibility index (Phi) is 6.17. The van der Waals surface area contributed by atoms with Gasteiger partial charge in [0.25, 0.3) is 5.56 Å².